The summed E-state index contributed by atoms with van der Waals surface area (Å²) in [7, 11) is 1.68. The summed E-state index contributed by atoms with van der Waals surface area (Å²) in [5.41, 5.74) is 1.03. The van der Waals surface area contributed by atoms with E-state index in [1.165, 1.54) is 4.90 Å². The van der Waals surface area contributed by atoms with Gasteiger partial charge < -0.3 is 9.80 Å². The number of benzene rings is 1. The van der Waals surface area contributed by atoms with Gasteiger partial charge in [0.05, 0.1) is 0 Å². The second kappa shape index (κ2) is 8.31. The fourth-order valence-corrected chi connectivity index (χ4v) is 4.52. The van der Waals surface area contributed by atoms with E-state index in [1.807, 2.05) is 29.2 Å². The molecular formula is C18H23ClN4O2S. The summed E-state index contributed by atoms with van der Waals surface area (Å²) in [6.07, 6.45) is 2.71. The van der Waals surface area contributed by atoms with E-state index in [9.17, 15) is 9.59 Å². The van der Waals surface area contributed by atoms with E-state index in [0.717, 1.165) is 41.6 Å². The Morgan fingerprint density at radius 3 is 2.77 bits per heavy atom. The van der Waals surface area contributed by atoms with Crippen LogP contribution in [0.25, 0.3) is 0 Å². The summed E-state index contributed by atoms with van der Waals surface area (Å²) >= 11 is 7.81. The third kappa shape index (κ3) is 3.83. The molecule has 26 heavy (non-hydrogen) atoms. The first-order chi connectivity index (χ1) is 12.5. The number of aliphatic imine (C=N–C) groups is 1. The lowest BCUT2D eigenvalue weighted by molar-refractivity contribution is -0.127. The van der Waals surface area contributed by atoms with Gasteiger partial charge in [0.25, 0.3) is 5.91 Å². The number of carbonyl (C=O) groups excluding carboxylic acids is 2. The van der Waals surface area contributed by atoms with Crippen molar-refractivity contribution in [3.05, 3.63) is 34.9 Å². The maximum absolute atomic E-state index is 12.4. The molecule has 6 nitrogen and oxygen atoms in total. The van der Waals surface area contributed by atoms with Crippen LogP contribution in [0.15, 0.2) is 29.3 Å². The molecule has 2 aliphatic heterocycles. The number of imide groups is 1. The van der Waals surface area contributed by atoms with Crippen LogP contribution in [0.5, 0.6) is 0 Å². The standard InChI is InChI=1S/C18H23ClN4O2S/c1-3-4-7-10-23-14-15(22(2)17(25)21-16(14)24)20-18(23)26-11-12-8-5-6-9-13(12)19/h5-6,8-9,14-15H,3-4,7,10-11H2,1-2H3,(H,21,24,25). The van der Waals surface area contributed by atoms with Crippen LogP contribution in [0.3, 0.4) is 0 Å². The zero-order chi connectivity index (χ0) is 18.7. The fraction of sp³-hybridized carbons (Fsp3) is 0.500. The highest BCUT2D eigenvalue weighted by Crippen LogP contribution is 2.31. The average molecular weight is 395 g/mol. The number of nitrogens with zero attached hydrogens (tertiary/aromatic N) is 3. The molecular weight excluding hydrogens is 372 g/mol. The molecule has 2 unspecified atom stereocenters. The molecule has 2 heterocycles. The average Bonchev–Trinajstić information content (AvgIpc) is 2.99. The molecule has 0 bridgehead atoms. The van der Waals surface area contributed by atoms with Crippen molar-refractivity contribution in [3.63, 3.8) is 0 Å². The number of thioether (sulfide) groups is 1. The Morgan fingerprint density at radius 1 is 1.27 bits per heavy atom. The van der Waals surface area contributed by atoms with Gasteiger partial charge in [-0.2, -0.15) is 0 Å². The van der Waals surface area contributed by atoms with E-state index in [2.05, 4.69) is 12.2 Å². The predicted molar refractivity (Wildman–Crippen MR) is 105 cm³/mol. The number of fused-ring (bicyclic) bond motifs is 1. The van der Waals surface area contributed by atoms with Crippen molar-refractivity contribution >= 4 is 40.5 Å². The Balaban J connectivity index is 1.79. The van der Waals surface area contributed by atoms with E-state index < -0.39 is 18.2 Å². The van der Waals surface area contributed by atoms with Gasteiger partial charge >= 0.3 is 6.03 Å². The number of hydrogen-bond acceptors (Lipinski definition) is 5. The minimum absolute atomic E-state index is 0.272. The number of halogens is 1. The number of likely N-dealkylation sites (N-methyl/N-ethyl adjacent to an activating group) is 1. The number of hydrogen-bond donors (Lipinski definition) is 1. The van der Waals surface area contributed by atoms with Gasteiger partial charge in [0.2, 0.25) is 0 Å². The molecule has 0 aromatic heterocycles. The summed E-state index contributed by atoms with van der Waals surface area (Å²) in [6.45, 7) is 2.90. The molecule has 0 saturated carbocycles. The van der Waals surface area contributed by atoms with E-state index in [-0.39, 0.29) is 5.91 Å². The first-order valence-electron chi connectivity index (χ1n) is 8.81. The molecule has 3 amide bonds. The van der Waals surface area contributed by atoms with Gasteiger partial charge in [-0.15, -0.1) is 0 Å². The van der Waals surface area contributed by atoms with E-state index in [4.69, 9.17) is 16.6 Å². The number of amidine groups is 1. The molecule has 1 aromatic carbocycles. The Hall–Kier alpha value is -1.73. The van der Waals surface area contributed by atoms with Crippen LogP contribution in [-0.2, 0) is 10.5 Å². The van der Waals surface area contributed by atoms with Crippen molar-refractivity contribution < 1.29 is 9.59 Å². The molecule has 0 aliphatic carbocycles. The second-order valence-electron chi connectivity index (χ2n) is 6.46. The smallest absolute Gasteiger partial charge is 0.325 e. The first kappa shape index (κ1) is 19.0. The zero-order valence-corrected chi connectivity index (χ0v) is 16.5. The lowest BCUT2D eigenvalue weighted by Gasteiger charge is -2.36. The minimum atomic E-state index is -0.466. The summed E-state index contributed by atoms with van der Waals surface area (Å²) in [6, 6.07) is 6.86. The summed E-state index contributed by atoms with van der Waals surface area (Å²) < 4.78 is 0. The van der Waals surface area contributed by atoms with Crippen LogP contribution in [0, 0.1) is 0 Å². The maximum atomic E-state index is 12.4. The van der Waals surface area contributed by atoms with Crippen LogP contribution in [0.2, 0.25) is 5.02 Å². The molecule has 3 rings (SSSR count). The molecule has 1 N–H and O–H groups in total. The zero-order valence-electron chi connectivity index (χ0n) is 14.9. The van der Waals surface area contributed by atoms with Crippen molar-refractivity contribution in [2.24, 2.45) is 4.99 Å². The van der Waals surface area contributed by atoms with Gasteiger partial charge in [0.15, 0.2) is 17.4 Å². The van der Waals surface area contributed by atoms with Gasteiger partial charge in [0, 0.05) is 24.4 Å². The summed E-state index contributed by atoms with van der Waals surface area (Å²) in [5.74, 6) is 0.397. The highest BCUT2D eigenvalue weighted by molar-refractivity contribution is 8.13. The van der Waals surface area contributed by atoms with Crippen LogP contribution in [0.4, 0.5) is 4.79 Å². The van der Waals surface area contributed by atoms with Crippen molar-refractivity contribution in [1.29, 1.82) is 0 Å². The topological polar surface area (TPSA) is 65.0 Å². The Kier molecular flexibility index (Phi) is 6.09. The highest BCUT2D eigenvalue weighted by atomic mass is 35.5. The molecule has 0 radical (unpaired) electrons. The second-order valence-corrected chi connectivity index (χ2v) is 7.81. The van der Waals surface area contributed by atoms with E-state index in [1.54, 1.807) is 18.8 Å². The SMILES string of the molecule is CCCCCN1C(SCc2ccccc2Cl)=NC2C1C(=O)NC(=O)N2C. The molecule has 2 atom stereocenters. The van der Waals surface area contributed by atoms with E-state index in [0.29, 0.717) is 5.75 Å². The molecule has 8 heteroatoms. The lowest BCUT2D eigenvalue weighted by Crippen LogP contribution is -2.63. The number of urea groups is 1. The number of unbranched alkanes of at least 4 members (excludes halogenated alkanes) is 2. The van der Waals surface area contributed by atoms with Crippen LogP contribution < -0.4 is 5.32 Å². The number of rotatable bonds is 6. The maximum Gasteiger partial charge on any atom is 0.325 e. The van der Waals surface area contributed by atoms with E-state index >= 15 is 0 Å². The van der Waals surface area contributed by atoms with Gasteiger partial charge in [-0.25, -0.2) is 9.79 Å². The van der Waals surface area contributed by atoms with Crippen LogP contribution in [0.1, 0.15) is 31.7 Å². The molecule has 140 valence electrons. The lowest BCUT2D eigenvalue weighted by atomic mass is 10.1. The highest BCUT2D eigenvalue weighted by Gasteiger charge is 2.48. The Morgan fingerprint density at radius 2 is 2.04 bits per heavy atom. The third-order valence-electron chi connectivity index (χ3n) is 4.64. The van der Waals surface area contributed by atoms with Crippen molar-refractivity contribution in [2.75, 3.05) is 13.6 Å². The molecule has 0 spiro atoms. The molecule has 1 aromatic rings. The fourth-order valence-electron chi connectivity index (χ4n) is 3.15. The van der Waals surface area contributed by atoms with Gasteiger partial charge in [0.1, 0.15) is 0 Å². The quantitative estimate of drug-likeness (QED) is 0.752. The van der Waals surface area contributed by atoms with Gasteiger partial charge in [-0.1, -0.05) is 61.3 Å². The molecule has 2 aliphatic rings. The predicted octanol–water partition coefficient (Wildman–Crippen LogP) is 3.31. The number of carbonyl (C=O) groups is 2. The van der Waals surface area contributed by atoms with Crippen LogP contribution >= 0.6 is 23.4 Å². The van der Waals surface area contributed by atoms with Crippen LogP contribution in [-0.4, -0.2) is 52.7 Å². The first-order valence-corrected chi connectivity index (χ1v) is 10.2. The number of nitrogens with one attached hydrogen (secondary N) is 1. The Labute approximate surface area is 163 Å². The molecule has 1 saturated heterocycles. The Bertz CT molecular complexity index is 727. The largest absolute Gasteiger partial charge is 0.336 e. The third-order valence-corrected chi connectivity index (χ3v) is 6.06. The minimum Gasteiger partial charge on any atom is -0.336 e. The van der Waals surface area contributed by atoms with Gasteiger partial charge in [-0.3, -0.25) is 10.1 Å². The summed E-state index contributed by atoms with van der Waals surface area (Å²) in [5, 5.41) is 3.95. The monoisotopic (exact) mass is 394 g/mol. The molecule has 1 fully saturated rings. The van der Waals surface area contributed by atoms with Crippen molar-refractivity contribution in [1.82, 2.24) is 15.1 Å². The van der Waals surface area contributed by atoms with Crippen molar-refractivity contribution in [2.45, 2.75) is 44.1 Å². The normalized spacial score (nSPS) is 22.3. The van der Waals surface area contributed by atoms with Gasteiger partial charge in [-0.05, 0) is 18.1 Å². The summed E-state index contributed by atoms with van der Waals surface area (Å²) in [4.78, 5) is 32.6. The van der Waals surface area contributed by atoms with Crippen molar-refractivity contribution in [3.8, 4) is 0 Å². The number of amides is 3.